The first kappa shape index (κ1) is 11.6. The van der Waals surface area contributed by atoms with Crippen LogP contribution < -0.4 is 0 Å². The van der Waals surface area contributed by atoms with Crippen LogP contribution >= 0.6 is 0 Å². The minimum atomic E-state index is -0.369. The van der Waals surface area contributed by atoms with Crippen molar-refractivity contribution in [3.8, 4) is 0 Å². The van der Waals surface area contributed by atoms with Gasteiger partial charge in [0.05, 0.1) is 18.3 Å². The Bertz CT molecular complexity index is 348. The highest BCUT2D eigenvalue weighted by Crippen LogP contribution is 2.24. The van der Waals surface area contributed by atoms with Crippen LogP contribution in [0, 0.1) is 6.92 Å². The van der Waals surface area contributed by atoms with Crippen molar-refractivity contribution in [1.29, 1.82) is 0 Å². The Hall–Kier alpha value is -0.860. The lowest BCUT2D eigenvalue weighted by Crippen LogP contribution is -2.28. The average molecular weight is 220 g/mol. The second-order valence-corrected chi connectivity index (χ2v) is 4.76. The number of aliphatic hydroxyl groups excluding tert-OH is 1. The Morgan fingerprint density at radius 2 is 2.12 bits per heavy atom. The van der Waals surface area contributed by atoms with Crippen LogP contribution in [-0.4, -0.2) is 23.4 Å². The van der Waals surface area contributed by atoms with E-state index in [2.05, 4.69) is 26.0 Å². The molecule has 1 saturated heterocycles. The van der Waals surface area contributed by atoms with Gasteiger partial charge in [-0.15, -0.1) is 0 Å². The number of ether oxygens (including phenoxy) is 1. The summed E-state index contributed by atoms with van der Waals surface area (Å²) in [5.74, 6) is 0. The molecule has 1 fully saturated rings. The van der Waals surface area contributed by atoms with Gasteiger partial charge in [-0.2, -0.15) is 0 Å². The Labute approximate surface area is 97.3 Å². The molecule has 2 rings (SSSR count). The number of aliphatic hydroxyl groups is 1. The fraction of sp³-hybridized carbons (Fsp3) is 0.571. The number of hydrogen-bond acceptors (Lipinski definition) is 2. The molecule has 0 bridgehead atoms. The molecular weight excluding hydrogens is 200 g/mol. The van der Waals surface area contributed by atoms with E-state index < -0.39 is 0 Å². The summed E-state index contributed by atoms with van der Waals surface area (Å²) in [7, 11) is 0. The predicted molar refractivity (Wildman–Crippen MR) is 64.5 cm³/mol. The summed E-state index contributed by atoms with van der Waals surface area (Å²) < 4.78 is 5.69. The third-order valence-electron chi connectivity index (χ3n) is 3.38. The first-order chi connectivity index (χ1) is 7.66. The first-order valence-electron chi connectivity index (χ1n) is 6.05. The molecule has 0 aromatic heterocycles. The highest BCUT2D eigenvalue weighted by Gasteiger charge is 2.28. The Balaban J connectivity index is 1.97. The SMILES string of the molecule is Cc1ccccc1CC(O)C1CCC(C)O1. The van der Waals surface area contributed by atoms with Gasteiger partial charge >= 0.3 is 0 Å². The maximum Gasteiger partial charge on any atom is 0.0842 e. The predicted octanol–water partition coefficient (Wildman–Crippen LogP) is 2.47. The van der Waals surface area contributed by atoms with Crippen molar-refractivity contribution in [1.82, 2.24) is 0 Å². The molecule has 2 heteroatoms. The molecule has 0 radical (unpaired) electrons. The summed E-state index contributed by atoms with van der Waals surface area (Å²) in [6.07, 6.45) is 2.70. The van der Waals surface area contributed by atoms with Crippen LogP contribution in [0.25, 0.3) is 0 Å². The van der Waals surface area contributed by atoms with Crippen molar-refractivity contribution in [2.45, 2.75) is 51.4 Å². The molecule has 1 aliphatic rings. The fourth-order valence-electron chi connectivity index (χ4n) is 2.31. The minimum Gasteiger partial charge on any atom is -0.390 e. The van der Waals surface area contributed by atoms with Crippen LogP contribution in [0.3, 0.4) is 0 Å². The van der Waals surface area contributed by atoms with Crippen LogP contribution in [0.4, 0.5) is 0 Å². The van der Waals surface area contributed by atoms with Crippen molar-refractivity contribution >= 4 is 0 Å². The van der Waals surface area contributed by atoms with Gasteiger partial charge in [-0.25, -0.2) is 0 Å². The summed E-state index contributed by atoms with van der Waals surface area (Å²) in [4.78, 5) is 0. The molecule has 3 atom stereocenters. The van der Waals surface area contributed by atoms with Crippen molar-refractivity contribution < 1.29 is 9.84 Å². The van der Waals surface area contributed by atoms with Crippen LogP contribution in [0.2, 0.25) is 0 Å². The molecule has 88 valence electrons. The van der Waals surface area contributed by atoms with Crippen molar-refractivity contribution in [3.63, 3.8) is 0 Å². The van der Waals surface area contributed by atoms with Crippen LogP contribution in [0.15, 0.2) is 24.3 Å². The highest BCUT2D eigenvalue weighted by atomic mass is 16.5. The molecular formula is C14H20O2. The highest BCUT2D eigenvalue weighted by molar-refractivity contribution is 5.26. The molecule has 1 aromatic rings. The van der Waals surface area contributed by atoms with Crippen LogP contribution in [0.1, 0.15) is 30.9 Å². The molecule has 3 unspecified atom stereocenters. The molecule has 1 heterocycles. The number of rotatable bonds is 3. The number of hydrogen-bond donors (Lipinski definition) is 1. The molecule has 0 aliphatic carbocycles. The van der Waals surface area contributed by atoms with E-state index in [1.807, 2.05) is 12.1 Å². The Morgan fingerprint density at radius 1 is 1.38 bits per heavy atom. The Morgan fingerprint density at radius 3 is 2.75 bits per heavy atom. The van der Waals surface area contributed by atoms with Gasteiger partial charge < -0.3 is 9.84 Å². The van der Waals surface area contributed by atoms with Crippen molar-refractivity contribution in [2.75, 3.05) is 0 Å². The maximum absolute atomic E-state index is 10.1. The lowest BCUT2D eigenvalue weighted by molar-refractivity contribution is -0.0278. The van der Waals surface area contributed by atoms with Gasteiger partial charge in [0.25, 0.3) is 0 Å². The van der Waals surface area contributed by atoms with Gasteiger partial charge in [0, 0.05) is 6.42 Å². The largest absolute Gasteiger partial charge is 0.390 e. The lowest BCUT2D eigenvalue weighted by atomic mass is 9.98. The molecule has 0 amide bonds. The zero-order chi connectivity index (χ0) is 11.5. The molecule has 16 heavy (non-hydrogen) atoms. The molecule has 0 spiro atoms. The fourth-order valence-corrected chi connectivity index (χ4v) is 2.31. The summed E-state index contributed by atoms with van der Waals surface area (Å²) in [6.45, 7) is 4.15. The van der Waals surface area contributed by atoms with E-state index in [-0.39, 0.29) is 12.2 Å². The third-order valence-corrected chi connectivity index (χ3v) is 3.38. The summed E-state index contributed by atoms with van der Waals surface area (Å²) in [6, 6.07) is 8.21. The van der Waals surface area contributed by atoms with Crippen molar-refractivity contribution in [2.24, 2.45) is 0 Å². The van der Waals surface area contributed by atoms with E-state index in [9.17, 15) is 5.11 Å². The summed E-state index contributed by atoms with van der Waals surface area (Å²) >= 11 is 0. The number of aryl methyl sites for hydroxylation is 1. The molecule has 2 nitrogen and oxygen atoms in total. The van der Waals surface area contributed by atoms with E-state index >= 15 is 0 Å². The maximum atomic E-state index is 10.1. The molecule has 0 saturated carbocycles. The topological polar surface area (TPSA) is 29.5 Å². The zero-order valence-corrected chi connectivity index (χ0v) is 10.0. The van der Waals surface area contributed by atoms with E-state index in [0.29, 0.717) is 12.5 Å². The molecule has 1 aromatic carbocycles. The van der Waals surface area contributed by atoms with E-state index in [1.165, 1.54) is 11.1 Å². The standard InChI is InChI=1S/C14H20O2/c1-10-5-3-4-6-12(10)9-13(15)14-8-7-11(2)16-14/h3-6,11,13-15H,7-9H2,1-2H3. The van der Waals surface area contributed by atoms with E-state index in [0.717, 1.165) is 12.8 Å². The smallest absolute Gasteiger partial charge is 0.0842 e. The van der Waals surface area contributed by atoms with Gasteiger partial charge in [0.2, 0.25) is 0 Å². The van der Waals surface area contributed by atoms with Crippen molar-refractivity contribution in [3.05, 3.63) is 35.4 Å². The van der Waals surface area contributed by atoms with Crippen LogP contribution in [-0.2, 0) is 11.2 Å². The van der Waals surface area contributed by atoms with Crippen LogP contribution in [0.5, 0.6) is 0 Å². The zero-order valence-electron chi connectivity index (χ0n) is 10.0. The van der Waals surface area contributed by atoms with E-state index in [1.54, 1.807) is 0 Å². The normalized spacial score (nSPS) is 26.9. The van der Waals surface area contributed by atoms with Gasteiger partial charge in [0.1, 0.15) is 0 Å². The van der Waals surface area contributed by atoms with Gasteiger partial charge in [-0.05, 0) is 37.8 Å². The number of benzene rings is 1. The second kappa shape index (κ2) is 4.98. The molecule has 1 N–H and O–H groups in total. The summed E-state index contributed by atoms with van der Waals surface area (Å²) in [5.41, 5.74) is 2.46. The second-order valence-electron chi connectivity index (χ2n) is 4.76. The Kier molecular flexibility index (Phi) is 3.62. The van der Waals surface area contributed by atoms with E-state index in [4.69, 9.17) is 4.74 Å². The van der Waals surface area contributed by atoms with Gasteiger partial charge in [-0.1, -0.05) is 24.3 Å². The lowest BCUT2D eigenvalue weighted by Gasteiger charge is -2.19. The molecule has 1 aliphatic heterocycles. The first-order valence-corrected chi connectivity index (χ1v) is 6.05. The third kappa shape index (κ3) is 2.63. The van der Waals surface area contributed by atoms with Gasteiger partial charge in [-0.3, -0.25) is 0 Å². The quantitative estimate of drug-likeness (QED) is 0.848. The minimum absolute atomic E-state index is 0.0228. The van der Waals surface area contributed by atoms with Gasteiger partial charge in [0.15, 0.2) is 0 Å². The summed E-state index contributed by atoms with van der Waals surface area (Å²) in [5, 5.41) is 10.1. The monoisotopic (exact) mass is 220 g/mol. The average Bonchev–Trinajstić information content (AvgIpc) is 2.68.